The van der Waals surface area contributed by atoms with Crippen molar-refractivity contribution in [2.24, 2.45) is 0 Å². The van der Waals surface area contributed by atoms with Gasteiger partial charge in [-0.1, -0.05) is 114 Å². The molecule has 10 nitrogen and oxygen atoms in total. The van der Waals surface area contributed by atoms with Crippen molar-refractivity contribution in [2.45, 2.75) is 167 Å². The van der Waals surface area contributed by atoms with E-state index in [1.807, 2.05) is 0 Å². The number of aliphatic hydroxyl groups excluding tert-OH is 2. The van der Waals surface area contributed by atoms with Crippen molar-refractivity contribution >= 4 is 19.8 Å². The van der Waals surface area contributed by atoms with E-state index in [1.54, 1.807) is 0 Å². The van der Waals surface area contributed by atoms with Crippen molar-refractivity contribution in [3.8, 4) is 0 Å². The van der Waals surface area contributed by atoms with E-state index in [1.165, 1.54) is 44.9 Å². The highest BCUT2D eigenvalue weighted by Gasteiger charge is 2.27. The smallest absolute Gasteiger partial charge is 0.462 e. The van der Waals surface area contributed by atoms with Crippen molar-refractivity contribution in [1.29, 1.82) is 0 Å². The maximum atomic E-state index is 12.5. The monoisotopic (exact) mass is 742 g/mol. The first-order valence-corrected chi connectivity index (χ1v) is 21.1. The molecule has 0 aromatic carbocycles. The molecule has 3 N–H and O–H groups in total. The Morgan fingerprint density at radius 3 is 1.63 bits per heavy atom. The zero-order valence-corrected chi connectivity index (χ0v) is 32.7. The number of carbonyl (C=O) groups is 2. The Morgan fingerprint density at radius 1 is 0.588 bits per heavy atom. The van der Waals surface area contributed by atoms with Crippen LogP contribution in [0.5, 0.6) is 0 Å². The number of esters is 2. The van der Waals surface area contributed by atoms with Gasteiger partial charge in [-0.2, -0.15) is 0 Å². The molecule has 0 bridgehead atoms. The molecule has 0 aliphatic rings. The summed E-state index contributed by atoms with van der Waals surface area (Å²) >= 11 is 0. The van der Waals surface area contributed by atoms with Crippen LogP contribution < -0.4 is 0 Å². The normalized spacial score (nSPS) is 14.5. The van der Waals surface area contributed by atoms with Gasteiger partial charge < -0.3 is 24.6 Å². The van der Waals surface area contributed by atoms with Crippen LogP contribution in [0.1, 0.15) is 155 Å². The fourth-order valence-electron chi connectivity index (χ4n) is 4.87. The van der Waals surface area contributed by atoms with E-state index in [-0.39, 0.29) is 19.4 Å². The highest BCUT2D eigenvalue weighted by Crippen LogP contribution is 2.43. The molecule has 11 heteroatoms. The third-order valence-corrected chi connectivity index (χ3v) is 8.91. The second kappa shape index (κ2) is 36.3. The standard InChI is InChI=1S/C40H71O10P/c1-3-5-7-9-11-13-15-17-18-20-21-23-25-27-29-31-39(43)47-35-38(36-49-51(45,46)48-34-37(42)33-41)50-40(44)32-30-28-26-24-22-19-16-14-12-10-8-6-4-2/h11,13-14,16-18,21,23,37-38,41-42H,3-10,12,15,19-20,22,24-36H2,1-2H3,(H,45,46)/b13-11-,16-14-,18-17-,23-21-/t37-,38+/m0/s1. The first-order chi connectivity index (χ1) is 24.7. The molecule has 0 aromatic heterocycles. The summed E-state index contributed by atoms with van der Waals surface area (Å²) in [4.78, 5) is 34.8. The van der Waals surface area contributed by atoms with Crippen molar-refractivity contribution < 1.29 is 47.8 Å². The summed E-state index contributed by atoms with van der Waals surface area (Å²) in [6, 6.07) is 0. The lowest BCUT2D eigenvalue weighted by molar-refractivity contribution is -0.161. The van der Waals surface area contributed by atoms with Gasteiger partial charge in [-0.15, -0.1) is 0 Å². The highest BCUT2D eigenvalue weighted by atomic mass is 31.2. The molecule has 51 heavy (non-hydrogen) atoms. The molecule has 0 aliphatic carbocycles. The molecule has 0 radical (unpaired) electrons. The molecule has 0 amide bonds. The Bertz CT molecular complexity index is 994. The highest BCUT2D eigenvalue weighted by molar-refractivity contribution is 7.47. The minimum absolute atomic E-state index is 0.164. The Morgan fingerprint density at radius 2 is 1.02 bits per heavy atom. The lowest BCUT2D eigenvalue weighted by Crippen LogP contribution is -2.29. The van der Waals surface area contributed by atoms with Crippen LogP contribution in [0.25, 0.3) is 0 Å². The van der Waals surface area contributed by atoms with Crippen LogP contribution in [0.3, 0.4) is 0 Å². The van der Waals surface area contributed by atoms with E-state index in [2.05, 4.69) is 67.0 Å². The number of rotatable bonds is 36. The molecule has 3 atom stereocenters. The molecule has 0 rings (SSSR count). The Labute approximate surface area is 309 Å². The maximum absolute atomic E-state index is 12.5. The van der Waals surface area contributed by atoms with Gasteiger partial charge in [0.05, 0.1) is 19.8 Å². The average Bonchev–Trinajstić information content (AvgIpc) is 3.12. The van der Waals surface area contributed by atoms with E-state index in [4.69, 9.17) is 19.1 Å². The van der Waals surface area contributed by atoms with Crippen LogP contribution in [-0.4, -0.2) is 65.7 Å². The summed E-state index contributed by atoms with van der Waals surface area (Å²) in [5.74, 6) is -0.984. The van der Waals surface area contributed by atoms with Crippen molar-refractivity contribution in [3.05, 3.63) is 48.6 Å². The van der Waals surface area contributed by atoms with Crippen LogP contribution >= 0.6 is 7.82 Å². The summed E-state index contributed by atoms with van der Waals surface area (Å²) in [5, 5.41) is 18.3. The Balaban J connectivity index is 4.45. The topological polar surface area (TPSA) is 149 Å². The second-order valence-corrected chi connectivity index (χ2v) is 14.4. The van der Waals surface area contributed by atoms with Gasteiger partial charge in [-0.05, 0) is 77.0 Å². The SMILES string of the molecule is CCCCC/C=C\C/C=C\C/C=C\CCCCC(=O)OC[C@H](COP(=O)(O)OC[C@@H](O)CO)OC(=O)CCCCCCC/C=C\CCCCCC. The Kier molecular flexibility index (Phi) is 34.8. The van der Waals surface area contributed by atoms with E-state index >= 15 is 0 Å². The van der Waals surface area contributed by atoms with Gasteiger partial charge in [-0.3, -0.25) is 18.6 Å². The number of aliphatic hydroxyl groups is 2. The zero-order valence-electron chi connectivity index (χ0n) is 31.8. The lowest BCUT2D eigenvalue weighted by atomic mass is 10.1. The molecular weight excluding hydrogens is 671 g/mol. The van der Waals surface area contributed by atoms with Crippen LogP contribution in [-0.2, 0) is 32.7 Å². The van der Waals surface area contributed by atoms with Gasteiger partial charge in [0.25, 0.3) is 0 Å². The van der Waals surface area contributed by atoms with Gasteiger partial charge in [-0.25, -0.2) is 4.57 Å². The molecular formula is C40H71O10P. The molecule has 0 spiro atoms. The summed E-state index contributed by atoms with van der Waals surface area (Å²) in [6.07, 6.45) is 36.5. The van der Waals surface area contributed by atoms with Gasteiger partial charge in [0.1, 0.15) is 12.7 Å². The number of hydrogen-bond donors (Lipinski definition) is 3. The van der Waals surface area contributed by atoms with Crippen molar-refractivity contribution in [3.63, 3.8) is 0 Å². The first kappa shape index (κ1) is 48.9. The minimum Gasteiger partial charge on any atom is -0.462 e. The number of allylic oxidation sites excluding steroid dienone is 8. The quantitative estimate of drug-likeness (QED) is 0.0245. The Hall–Kier alpha value is -2.07. The van der Waals surface area contributed by atoms with Crippen LogP contribution in [0.15, 0.2) is 48.6 Å². The third kappa shape index (κ3) is 36.1. The van der Waals surface area contributed by atoms with Gasteiger partial charge in [0, 0.05) is 12.8 Å². The van der Waals surface area contributed by atoms with Crippen molar-refractivity contribution in [1.82, 2.24) is 0 Å². The molecule has 296 valence electrons. The number of unbranched alkanes of at least 4 members (excludes halogenated alkanes) is 14. The van der Waals surface area contributed by atoms with Gasteiger partial charge in [0.2, 0.25) is 0 Å². The molecule has 0 heterocycles. The summed E-state index contributed by atoms with van der Waals surface area (Å²) in [5.41, 5.74) is 0. The molecule has 0 saturated heterocycles. The molecule has 0 saturated carbocycles. The third-order valence-electron chi connectivity index (χ3n) is 7.96. The number of phosphoric acid groups is 1. The van der Waals surface area contributed by atoms with Gasteiger partial charge in [0.15, 0.2) is 6.10 Å². The van der Waals surface area contributed by atoms with E-state index < -0.39 is 51.8 Å². The van der Waals surface area contributed by atoms with Crippen LogP contribution in [0.4, 0.5) is 0 Å². The van der Waals surface area contributed by atoms with Crippen LogP contribution in [0, 0.1) is 0 Å². The summed E-state index contributed by atoms with van der Waals surface area (Å²) < 4.78 is 32.5. The summed E-state index contributed by atoms with van der Waals surface area (Å²) in [7, 11) is -4.62. The number of carbonyl (C=O) groups excluding carboxylic acids is 2. The largest absolute Gasteiger partial charge is 0.472 e. The lowest BCUT2D eigenvalue weighted by Gasteiger charge is -2.20. The molecule has 0 fully saturated rings. The van der Waals surface area contributed by atoms with E-state index in [9.17, 15) is 24.2 Å². The predicted molar refractivity (Wildman–Crippen MR) is 205 cm³/mol. The number of phosphoric ester groups is 1. The predicted octanol–water partition coefficient (Wildman–Crippen LogP) is 9.78. The van der Waals surface area contributed by atoms with Gasteiger partial charge >= 0.3 is 19.8 Å². The molecule has 0 aromatic rings. The second-order valence-electron chi connectivity index (χ2n) is 12.9. The maximum Gasteiger partial charge on any atom is 0.472 e. The number of hydrogen-bond acceptors (Lipinski definition) is 9. The molecule has 1 unspecified atom stereocenters. The molecule has 0 aliphatic heterocycles. The average molecular weight is 743 g/mol. The zero-order chi connectivity index (χ0) is 37.7. The van der Waals surface area contributed by atoms with Crippen molar-refractivity contribution in [2.75, 3.05) is 26.4 Å². The fraction of sp³-hybridized carbons (Fsp3) is 0.750. The van der Waals surface area contributed by atoms with Crippen LogP contribution in [0.2, 0.25) is 0 Å². The fourth-order valence-corrected chi connectivity index (χ4v) is 5.66. The van der Waals surface area contributed by atoms with E-state index in [0.29, 0.717) is 12.8 Å². The van der Waals surface area contributed by atoms with E-state index in [0.717, 1.165) is 70.6 Å². The summed E-state index contributed by atoms with van der Waals surface area (Å²) in [6.45, 7) is 2.26. The number of ether oxygens (including phenoxy) is 2. The first-order valence-electron chi connectivity index (χ1n) is 19.6. The minimum atomic E-state index is -4.62.